The summed E-state index contributed by atoms with van der Waals surface area (Å²) in [5, 5.41) is 5.73. The van der Waals surface area contributed by atoms with Gasteiger partial charge in [-0.3, -0.25) is 9.59 Å². The molecule has 1 heterocycles. The summed E-state index contributed by atoms with van der Waals surface area (Å²) in [6.07, 6.45) is 2.24. The van der Waals surface area contributed by atoms with Gasteiger partial charge >= 0.3 is 0 Å². The maximum atomic E-state index is 12.2. The summed E-state index contributed by atoms with van der Waals surface area (Å²) in [6.45, 7) is 1.36. The number of nitrogens with one attached hydrogen (secondary N) is 2. The second kappa shape index (κ2) is 9.05. The molecule has 2 aromatic carbocycles. The van der Waals surface area contributed by atoms with E-state index in [0.717, 1.165) is 30.9 Å². The van der Waals surface area contributed by atoms with Gasteiger partial charge in [0.05, 0.1) is 23.9 Å². The van der Waals surface area contributed by atoms with E-state index in [1.165, 1.54) is 0 Å². The van der Waals surface area contributed by atoms with Gasteiger partial charge in [0.15, 0.2) is 0 Å². The maximum absolute atomic E-state index is 12.2. The molecule has 1 fully saturated rings. The van der Waals surface area contributed by atoms with E-state index in [-0.39, 0.29) is 24.1 Å². The molecule has 142 valence electrons. The third-order valence-corrected chi connectivity index (χ3v) is 4.21. The zero-order chi connectivity index (χ0) is 19.1. The Hall–Kier alpha value is -3.06. The smallest absolute Gasteiger partial charge is 0.250 e. The Morgan fingerprint density at radius 2 is 2.04 bits per heavy atom. The summed E-state index contributed by atoms with van der Waals surface area (Å²) >= 11 is 0. The number of anilines is 2. The van der Waals surface area contributed by atoms with Gasteiger partial charge in [-0.2, -0.15) is 0 Å². The minimum atomic E-state index is -0.588. The van der Waals surface area contributed by atoms with Crippen molar-refractivity contribution in [1.82, 2.24) is 0 Å². The fourth-order valence-corrected chi connectivity index (χ4v) is 2.84. The number of hydrogen-bond donors (Lipinski definition) is 3. The number of para-hydroxylation sites is 1. The molecule has 0 spiro atoms. The molecule has 4 N–H and O–H groups in total. The van der Waals surface area contributed by atoms with Crippen molar-refractivity contribution in [2.24, 2.45) is 5.73 Å². The second-order valence-corrected chi connectivity index (χ2v) is 6.29. The van der Waals surface area contributed by atoms with Crippen LogP contribution in [0.3, 0.4) is 0 Å². The molecular formula is C20H23N3O4. The number of hydrogen-bond acceptors (Lipinski definition) is 5. The van der Waals surface area contributed by atoms with Crippen LogP contribution in [0, 0.1) is 0 Å². The van der Waals surface area contributed by atoms with Gasteiger partial charge in [-0.25, -0.2) is 0 Å². The lowest BCUT2D eigenvalue weighted by Crippen LogP contribution is -2.24. The van der Waals surface area contributed by atoms with E-state index in [2.05, 4.69) is 10.6 Å². The average molecular weight is 369 g/mol. The highest BCUT2D eigenvalue weighted by Gasteiger charge is 2.16. The number of primary amides is 1. The van der Waals surface area contributed by atoms with Crippen molar-refractivity contribution in [3.63, 3.8) is 0 Å². The number of carbonyl (C=O) groups excluding carboxylic acids is 2. The van der Waals surface area contributed by atoms with Gasteiger partial charge in [-0.05, 0) is 37.1 Å². The van der Waals surface area contributed by atoms with Crippen LogP contribution in [0.1, 0.15) is 23.2 Å². The van der Waals surface area contributed by atoms with Crippen molar-refractivity contribution in [1.29, 1.82) is 0 Å². The molecule has 1 aliphatic heterocycles. The molecule has 2 aromatic rings. The Morgan fingerprint density at radius 3 is 2.81 bits per heavy atom. The monoisotopic (exact) mass is 369 g/mol. The number of carbonyl (C=O) groups is 2. The van der Waals surface area contributed by atoms with Gasteiger partial charge in [0.2, 0.25) is 5.91 Å². The first-order valence-electron chi connectivity index (χ1n) is 8.89. The maximum Gasteiger partial charge on any atom is 0.250 e. The van der Waals surface area contributed by atoms with E-state index in [9.17, 15) is 9.59 Å². The first-order chi connectivity index (χ1) is 13.1. The third-order valence-electron chi connectivity index (χ3n) is 4.21. The Bertz CT molecular complexity index is 803. The first kappa shape index (κ1) is 18.7. The summed E-state index contributed by atoms with van der Waals surface area (Å²) < 4.78 is 11.3. The van der Waals surface area contributed by atoms with Gasteiger partial charge in [0.25, 0.3) is 5.91 Å². The van der Waals surface area contributed by atoms with Crippen molar-refractivity contribution >= 4 is 23.2 Å². The van der Waals surface area contributed by atoms with E-state index >= 15 is 0 Å². The summed E-state index contributed by atoms with van der Waals surface area (Å²) in [7, 11) is 0. The highest BCUT2D eigenvalue weighted by molar-refractivity contribution is 6.03. The van der Waals surface area contributed by atoms with Gasteiger partial charge in [-0.1, -0.05) is 18.2 Å². The van der Waals surface area contributed by atoms with Crippen molar-refractivity contribution < 1.29 is 19.1 Å². The van der Waals surface area contributed by atoms with Gasteiger partial charge in [0.1, 0.15) is 12.4 Å². The molecule has 1 atom stereocenters. The van der Waals surface area contributed by atoms with Crippen LogP contribution in [-0.4, -0.2) is 37.7 Å². The molecule has 0 radical (unpaired) electrons. The van der Waals surface area contributed by atoms with Crippen molar-refractivity contribution in [2.45, 2.75) is 18.9 Å². The lowest BCUT2D eigenvalue weighted by atomic mass is 10.1. The molecule has 0 aromatic heterocycles. The Kier molecular flexibility index (Phi) is 6.27. The van der Waals surface area contributed by atoms with E-state index in [0.29, 0.717) is 12.3 Å². The standard InChI is InChI=1S/C20H23N3O4/c21-20(25)17-8-1-2-9-18(17)23-19(24)12-22-14-5-3-6-15(11-14)27-13-16-7-4-10-26-16/h1-3,5-6,8-9,11,16,22H,4,7,10,12-13H2,(H2,21,25)(H,23,24). The fraction of sp³-hybridized carbons (Fsp3) is 0.300. The molecule has 1 aliphatic rings. The largest absolute Gasteiger partial charge is 0.491 e. The number of amides is 2. The van der Waals surface area contributed by atoms with Crippen LogP contribution in [0.15, 0.2) is 48.5 Å². The molecule has 1 unspecified atom stereocenters. The lowest BCUT2D eigenvalue weighted by molar-refractivity contribution is -0.114. The summed E-state index contributed by atoms with van der Waals surface area (Å²) in [5.74, 6) is -0.153. The van der Waals surface area contributed by atoms with Crippen LogP contribution in [0.4, 0.5) is 11.4 Å². The zero-order valence-corrected chi connectivity index (χ0v) is 14.9. The topological polar surface area (TPSA) is 103 Å². The number of nitrogens with two attached hydrogens (primary N) is 1. The summed E-state index contributed by atoms with van der Waals surface area (Å²) in [6, 6.07) is 14.0. The molecule has 7 nitrogen and oxygen atoms in total. The Balaban J connectivity index is 1.51. The van der Waals surface area contributed by atoms with Gasteiger partial charge < -0.3 is 25.8 Å². The minimum absolute atomic E-state index is 0.0439. The second-order valence-electron chi connectivity index (χ2n) is 6.29. The van der Waals surface area contributed by atoms with E-state index in [1.807, 2.05) is 24.3 Å². The van der Waals surface area contributed by atoms with E-state index in [4.69, 9.17) is 15.2 Å². The molecule has 27 heavy (non-hydrogen) atoms. The number of ether oxygens (including phenoxy) is 2. The van der Waals surface area contributed by atoms with Crippen LogP contribution in [-0.2, 0) is 9.53 Å². The fourth-order valence-electron chi connectivity index (χ4n) is 2.84. The molecule has 2 amide bonds. The van der Waals surface area contributed by atoms with Crippen LogP contribution in [0.5, 0.6) is 5.75 Å². The van der Waals surface area contributed by atoms with E-state index < -0.39 is 5.91 Å². The molecule has 0 aliphatic carbocycles. The van der Waals surface area contributed by atoms with Crippen LogP contribution < -0.4 is 21.1 Å². The molecule has 1 saturated heterocycles. The first-order valence-corrected chi connectivity index (χ1v) is 8.89. The Labute approximate surface area is 157 Å². The summed E-state index contributed by atoms with van der Waals surface area (Å²) in [4.78, 5) is 23.6. The third kappa shape index (κ3) is 5.46. The van der Waals surface area contributed by atoms with Crippen molar-refractivity contribution in [2.75, 3.05) is 30.4 Å². The van der Waals surface area contributed by atoms with Crippen molar-refractivity contribution in [3.8, 4) is 5.75 Å². The highest BCUT2D eigenvalue weighted by Crippen LogP contribution is 2.20. The lowest BCUT2D eigenvalue weighted by Gasteiger charge is -2.13. The SMILES string of the molecule is NC(=O)c1ccccc1NC(=O)CNc1cccc(OCC2CCCO2)c1. The normalized spacial score (nSPS) is 15.9. The quantitative estimate of drug-likeness (QED) is 0.663. The highest BCUT2D eigenvalue weighted by atomic mass is 16.5. The van der Waals surface area contributed by atoms with Crippen LogP contribution in [0.2, 0.25) is 0 Å². The van der Waals surface area contributed by atoms with Crippen LogP contribution in [0.25, 0.3) is 0 Å². The predicted molar refractivity (Wildman–Crippen MR) is 103 cm³/mol. The average Bonchev–Trinajstić information content (AvgIpc) is 3.19. The number of rotatable bonds is 8. The molecule has 3 rings (SSSR count). The molecule has 0 saturated carbocycles. The minimum Gasteiger partial charge on any atom is -0.491 e. The predicted octanol–water partition coefficient (Wildman–Crippen LogP) is 2.39. The van der Waals surface area contributed by atoms with Gasteiger partial charge in [0, 0.05) is 18.4 Å². The molecular weight excluding hydrogens is 346 g/mol. The Morgan fingerprint density at radius 1 is 1.19 bits per heavy atom. The van der Waals surface area contributed by atoms with Crippen molar-refractivity contribution in [3.05, 3.63) is 54.1 Å². The zero-order valence-electron chi connectivity index (χ0n) is 14.9. The van der Waals surface area contributed by atoms with Gasteiger partial charge in [-0.15, -0.1) is 0 Å². The molecule has 7 heteroatoms. The molecule has 0 bridgehead atoms. The summed E-state index contributed by atoms with van der Waals surface area (Å²) in [5.41, 5.74) is 6.75. The van der Waals surface area contributed by atoms with E-state index in [1.54, 1.807) is 24.3 Å². The number of benzene rings is 2. The van der Waals surface area contributed by atoms with Crippen LogP contribution >= 0.6 is 0 Å².